The highest BCUT2D eigenvalue weighted by atomic mass is 32.1. The molecule has 0 bridgehead atoms. The molecule has 0 aliphatic heterocycles. The van der Waals surface area contributed by atoms with Crippen molar-refractivity contribution in [1.29, 1.82) is 0 Å². The quantitative estimate of drug-likeness (QED) is 0.452. The molecule has 2 aromatic rings. The lowest BCUT2D eigenvalue weighted by molar-refractivity contribution is -0.376. The van der Waals surface area contributed by atoms with Gasteiger partial charge in [0, 0.05) is 15.3 Å². The lowest BCUT2D eigenvalue weighted by Crippen LogP contribution is -2.53. The summed E-state index contributed by atoms with van der Waals surface area (Å²) in [6.45, 7) is 1.02. The van der Waals surface area contributed by atoms with Gasteiger partial charge in [-0.3, -0.25) is 0 Å². The molecule has 0 amide bonds. The van der Waals surface area contributed by atoms with E-state index in [0.717, 1.165) is 6.92 Å². The van der Waals surface area contributed by atoms with Crippen LogP contribution in [0.2, 0.25) is 0 Å². The van der Waals surface area contributed by atoms with Crippen LogP contribution in [0.1, 0.15) is 27.1 Å². The van der Waals surface area contributed by atoms with Crippen LogP contribution in [0, 0.1) is 5.92 Å². The first kappa shape index (κ1) is 26.7. The standard InChI is InChI=1S/C16H9F12O2S2/c1-6(8-2-3-10(32-8)12(30,15(23,24)25)16(26,27)28)9-4-7(5-31-9)11(29,13(17,18)19)14(20,21)22/h2-5,29-30H,1H3. The van der Waals surface area contributed by atoms with Gasteiger partial charge in [-0.1, -0.05) is 0 Å². The first-order valence-corrected chi connectivity index (χ1v) is 9.54. The molecule has 0 fully saturated rings. The summed E-state index contributed by atoms with van der Waals surface area (Å²) in [5.41, 5.74) is -12.1. The zero-order valence-electron chi connectivity index (χ0n) is 15.1. The molecule has 0 aromatic carbocycles. The van der Waals surface area contributed by atoms with Crippen LogP contribution in [-0.4, -0.2) is 34.9 Å². The van der Waals surface area contributed by atoms with Crippen LogP contribution >= 0.6 is 22.7 Å². The average Bonchev–Trinajstić information content (AvgIpc) is 3.25. The van der Waals surface area contributed by atoms with Crippen LogP contribution in [0.5, 0.6) is 0 Å². The molecule has 1 radical (unpaired) electrons. The summed E-state index contributed by atoms with van der Waals surface area (Å²) in [7, 11) is 0. The summed E-state index contributed by atoms with van der Waals surface area (Å²) in [6, 6.07) is 1.26. The summed E-state index contributed by atoms with van der Waals surface area (Å²) in [5.74, 6) is -0.282. The monoisotopic (exact) mass is 525 g/mol. The van der Waals surface area contributed by atoms with E-state index in [1.165, 1.54) is 0 Å². The highest BCUT2D eigenvalue weighted by Crippen LogP contribution is 2.54. The normalized spacial score (nSPS) is 15.0. The number of hydrogen-bond acceptors (Lipinski definition) is 4. The lowest BCUT2D eigenvalue weighted by atomic mass is 9.93. The van der Waals surface area contributed by atoms with Crippen molar-refractivity contribution in [2.45, 2.75) is 42.8 Å². The number of aliphatic hydroxyl groups is 2. The predicted molar refractivity (Wildman–Crippen MR) is 87.8 cm³/mol. The molecular formula is C16H9F12O2S2. The van der Waals surface area contributed by atoms with Gasteiger partial charge < -0.3 is 10.2 Å². The molecule has 2 heterocycles. The van der Waals surface area contributed by atoms with E-state index in [0.29, 0.717) is 17.5 Å². The van der Waals surface area contributed by atoms with Crippen molar-refractivity contribution >= 4 is 22.7 Å². The molecule has 0 spiro atoms. The minimum Gasteiger partial charge on any atom is -0.369 e. The Bertz CT molecular complexity index is 844. The third-order valence-corrected chi connectivity index (χ3v) is 6.72. The fourth-order valence-electron chi connectivity index (χ4n) is 2.51. The topological polar surface area (TPSA) is 40.5 Å². The van der Waals surface area contributed by atoms with Gasteiger partial charge >= 0.3 is 24.7 Å². The Balaban J connectivity index is 2.49. The van der Waals surface area contributed by atoms with Crippen molar-refractivity contribution in [2.24, 2.45) is 0 Å². The molecule has 0 aliphatic carbocycles. The summed E-state index contributed by atoms with van der Waals surface area (Å²) >= 11 is 0.0391. The second-order valence-corrected chi connectivity index (χ2v) is 8.40. The maximum atomic E-state index is 13.0. The molecular weight excluding hydrogens is 516 g/mol. The van der Waals surface area contributed by atoms with Crippen LogP contribution in [-0.2, 0) is 11.2 Å². The zero-order valence-corrected chi connectivity index (χ0v) is 16.7. The molecule has 0 saturated carbocycles. The Morgan fingerprint density at radius 3 is 1.53 bits per heavy atom. The Morgan fingerprint density at radius 1 is 0.688 bits per heavy atom. The Morgan fingerprint density at radius 2 is 1.12 bits per heavy atom. The van der Waals surface area contributed by atoms with Gasteiger partial charge in [0.15, 0.2) is 0 Å². The number of thiophene rings is 2. The Hall–Kier alpha value is -1.52. The largest absolute Gasteiger partial charge is 0.431 e. The van der Waals surface area contributed by atoms with Crippen molar-refractivity contribution in [3.05, 3.63) is 49.7 Å². The Kier molecular flexibility index (Phi) is 6.49. The van der Waals surface area contributed by atoms with E-state index < -0.39 is 56.1 Å². The first-order valence-electron chi connectivity index (χ1n) is 7.84. The maximum absolute atomic E-state index is 13.0. The van der Waals surface area contributed by atoms with Crippen LogP contribution in [0.4, 0.5) is 52.7 Å². The van der Waals surface area contributed by atoms with Crippen molar-refractivity contribution in [3.63, 3.8) is 0 Å². The van der Waals surface area contributed by atoms with Gasteiger partial charge in [0.1, 0.15) is 0 Å². The van der Waals surface area contributed by atoms with Crippen LogP contribution in [0.3, 0.4) is 0 Å². The highest BCUT2D eigenvalue weighted by molar-refractivity contribution is 7.13. The van der Waals surface area contributed by atoms with Crippen LogP contribution in [0.25, 0.3) is 0 Å². The fourth-order valence-corrected chi connectivity index (χ4v) is 4.70. The molecule has 2 aromatic heterocycles. The van der Waals surface area contributed by atoms with Gasteiger partial charge in [-0.15, -0.1) is 22.7 Å². The number of alkyl halides is 12. The van der Waals surface area contributed by atoms with E-state index in [1.54, 1.807) is 0 Å². The molecule has 32 heavy (non-hydrogen) atoms. The van der Waals surface area contributed by atoms with Crippen molar-refractivity contribution < 1.29 is 62.9 Å². The predicted octanol–water partition coefficient (Wildman–Crippen LogP) is 6.42. The summed E-state index contributed by atoms with van der Waals surface area (Å²) in [4.78, 5) is -2.41. The summed E-state index contributed by atoms with van der Waals surface area (Å²) in [6.07, 6.45) is -24.7. The minimum absolute atomic E-state index is 0.203. The molecule has 181 valence electrons. The van der Waals surface area contributed by atoms with E-state index in [9.17, 15) is 62.9 Å². The first-order chi connectivity index (χ1) is 14.1. The molecule has 0 atom stereocenters. The van der Waals surface area contributed by atoms with E-state index in [-0.39, 0.29) is 34.7 Å². The molecule has 2 N–H and O–H groups in total. The molecule has 0 saturated heterocycles. The van der Waals surface area contributed by atoms with E-state index in [4.69, 9.17) is 0 Å². The van der Waals surface area contributed by atoms with Crippen LogP contribution < -0.4 is 0 Å². The number of halogens is 12. The molecule has 16 heteroatoms. The van der Waals surface area contributed by atoms with Crippen molar-refractivity contribution in [2.75, 3.05) is 0 Å². The molecule has 2 rings (SSSR count). The van der Waals surface area contributed by atoms with Gasteiger partial charge in [-0.05, 0) is 30.5 Å². The summed E-state index contributed by atoms with van der Waals surface area (Å²) < 4.78 is 156. The van der Waals surface area contributed by atoms with Gasteiger partial charge in [0.05, 0.1) is 10.8 Å². The molecule has 0 unspecified atom stereocenters. The smallest absolute Gasteiger partial charge is 0.369 e. The second-order valence-electron chi connectivity index (χ2n) is 6.40. The van der Waals surface area contributed by atoms with Crippen molar-refractivity contribution in [3.8, 4) is 0 Å². The van der Waals surface area contributed by atoms with E-state index in [2.05, 4.69) is 0 Å². The molecule has 2 nitrogen and oxygen atoms in total. The minimum atomic E-state index is -6.18. The SMILES string of the molecule is C[C](c1cc(C(O)(C(F)(F)F)C(F)(F)F)cs1)c1ccc(C(O)(C(F)(F)F)C(F)(F)F)s1. The highest BCUT2D eigenvalue weighted by Gasteiger charge is 2.73. The summed E-state index contributed by atoms with van der Waals surface area (Å²) in [5, 5.41) is 19.1. The zero-order chi connectivity index (χ0) is 25.1. The van der Waals surface area contributed by atoms with E-state index >= 15 is 0 Å². The lowest BCUT2D eigenvalue weighted by Gasteiger charge is -2.31. The fraction of sp³-hybridized carbons (Fsp3) is 0.438. The third-order valence-electron chi connectivity index (χ3n) is 4.36. The number of rotatable bonds is 4. The van der Waals surface area contributed by atoms with Crippen molar-refractivity contribution in [1.82, 2.24) is 0 Å². The average molecular weight is 525 g/mol. The second kappa shape index (κ2) is 7.77. The van der Waals surface area contributed by atoms with E-state index in [1.807, 2.05) is 0 Å². The molecule has 0 aliphatic rings. The Labute approximate surface area is 178 Å². The third kappa shape index (κ3) is 4.09. The maximum Gasteiger partial charge on any atom is 0.431 e. The van der Waals surface area contributed by atoms with Crippen LogP contribution in [0.15, 0.2) is 23.6 Å². The van der Waals surface area contributed by atoms with Gasteiger partial charge in [-0.25, -0.2) is 0 Å². The van der Waals surface area contributed by atoms with Gasteiger partial charge in [0.2, 0.25) is 0 Å². The number of hydrogen-bond donors (Lipinski definition) is 2. The van der Waals surface area contributed by atoms with Gasteiger partial charge in [0.25, 0.3) is 11.2 Å². The van der Waals surface area contributed by atoms with Gasteiger partial charge in [-0.2, -0.15) is 52.7 Å².